The maximum absolute atomic E-state index is 12.6. The van der Waals surface area contributed by atoms with Gasteiger partial charge in [-0.1, -0.05) is 38.1 Å². The maximum atomic E-state index is 12.6. The highest BCUT2D eigenvalue weighted by atomic mass is 32.1. The van der Waals surface area contributed by atoms with Crippen molar-refractivity contribution in [3.63, 3.8) is 0 Å². The molecule has 0 radical (unpaired) electrons. The Bertz CT molecular complexity index is 1180. The molecule has 4 aromatic rings. The van der Waals surface area contributed by atoms with Crippen molar-refractivity contribution >= 4 is 33.1 Å². The minimum Gasteiger partial charge on any atom is -0.495 e. The Hall–Kier alpha value is -3.38. The van der Waals surface area contributed by atoms with E-state index in [1.807, 2.05) is 60.7 Å². The first-order valence-electron chi connectivity index (χ1n) is 10.6. The number of anilines is 1. The Kier molecular flexibility index (Phi) is 6.71. The molecule has 3 aromatic carbocycles. The van der Waals surface area contributed by atoms with Crippen LogP contribution in [0.25, 0.3) is 20.8 Å². The molecular weight excluding hydrogens is 420 g/mol. The zero-order chi connectivity index (χ0) is 22.5. The number of nitrogens with one attached hydrogen (secondary N) is 1. The van der Waals surface area contributed by atoms with Gasteiger partial charge in [0.25, 0.3) is 5.91 Å². The number of aromatic nitrogens is 1. The number of hydrogen-bond acceptors (Lipinski definition) is 5. The molecule has 4 rings (SSSR count). The fraction of sp³-hybridized carbons (Fsp3) is 0.231. The smallest absolute Gasteiger partial charge is 0.262 e. The molecule has 0 bridgehead atoms. The maximum Gasteiger partial charge on any atom is 0.262 e. The minimum absolute atomic E-state index is 0.0861. The number of methoxy groups -OCH3 is 1. The summed E-state index contributed by atoms with van der Waals surface area (Å²) in [6, 6.07) is 21.6. The van der Waals surface area contributed by atoms with E-state index < -0.39 is 0 Å². The molecule has 0 saturated heterocycles. The third-order valence-electron chi connectivity index (χ3n) is 5.45. The van der Waals surface area contributed by atoms with Crippen molar-refractivity contribution in [2.75, 3.05) is 19.0 Å². The number of benzene rings is 3. The number of para-hydroxylation sites is 1. The summed E-state index contributed by atoms with van der Waals surface area (Å²) in [5, 5.41) is 3.79. The first kappa shape index (κ1) is 21.8. The fourth-order valence-electron chi connectivity index (χ4n) is 3.40. The normalized spacial score (nSPS) is 11.8. The van der Waals surface area contributed by atoms with E-state index in [0.29, 0.717) is 23.1 Å². The van der Waals surface area contributed by atoms with Crippen molar-refractivity contribution in [2.24, 2.45) is 0 Å². The third-order valence-corrected chi connectivity index (χ3v) is 6.53. The van der Waals surface area contributed by atoms with Gasteiger partial charge >= 0.3 is 0 Å². The zero-order valence-corrected chi connectivity index (χ0v) is 19.2. The lowest BCUT2D eigenvalue weighted by atomic mass is 9.99. The van der Waals surface area contributed by atoms with Gasteiger partial charge in [-0.3, -0.25) is 4.79 Å². The second-order valence-electron chi connectivity index (χ2n) is 7.62. The molecule has 0 saturated carbocycles. The number of ether oxygens (including phenoxy) is 2. The fourth-order valence-corrected chi connectivity index (χ4v) is 4.36. The predicted molar refractivity (Wildman–Crippen MR) is 131 cm³/mol. The van der Waals surface area contributed by atoms with Gasteiger partial charge in [-0.25, -0.2) is 4.98 Å². The highest BCUT2D eigenvalue weighted by Crippen LogP contribution is 2.34. The van der Waals surface area contributed by atoms with Crippen molar-refractivity contribution in [3.8, 4) is 22.1 Å². The van der Waals surface area contributed by atoms with E-state index in [4.69, 9.17) is 14.5 Å². The number of hydrogen-bond donors (Lipinski definition) is 1. The lowest BCUT2D eigenvalue weighted by Gasteiger charge is -2.13. The molecular formula is C26H26N2O3S. The number of rotatable bonds is 8. The van der Waals surface area contributed by atoms with Crippen LogP contribution in [0.5, 0.6) is 11.5 Å². The van der Waals surface area contributed by atoms with E-state index in [1.54, 1.807) is 18.4 Å². The van der Waals surface area contributed by atoms with Crippen molar-refractivity contribution in [1.82, 2.24) is 4.98 Å². The van der Waals surface area contributed by atoms with E-state index in [0.717, 1.165) is 27.2 Å². The van der Waals surface area contributed by atoms with Gasteiger partial charge in [-0.05, 0) is 60.4 Å². The molecule has 0 aliphatic carbocycles. The summed E-state index contributed by atoms with van der Waals surface area (Å²) in [6.07, 6.45) is 1.08. The zero-order valence-electron chi connectivity index (χ0n) is 18.4. The van der Waals surface area contributed by atoms with E-state index in [-0.39, 0.29) is 12.5 Å². The summed E-state index contributed by atoms with van der Waals surface area (Å²) in [7, 11) is 1.58. The summed E-state index contributed by atoms with van der Waals surface area (Å²) in [4.78, 5) is 17.3. The van der Waals surface area contributed by atoms with Gasteiger partial charge in [-0.15, -0.1) is 11.3 Å². The van der Waals surface area contributed by atoms with Gasteiger partial charge in [0.1, 0.15) is 16.5 Å². The molecule has 164 valence electrons. The standard InChI is InChI=1S/C26H26N2O3S/c1-4-17(2)18-9-12-20(13-10-18)31-16-25(29)27-22-15-19(11-14-23(22)30-3)26-28-21-7-5-6-8-24(21)32-26/h5-15,17H,4,16H2,1-3H3,(H,27,29). The molecule has 32 heavy (non-hydrogen) atoms. The van der Waals surface area contributed by atoms with Gasteiger partial charge in [-0.2, -0.15) is 0 Å². The SMILES string of the molecule is CCC(C)c1ccc(OCC(=O)Nc2cc(-c3nc4ccccc4s3)ccc2OC)cc1. The van der Waals surface area contributed by atoms with Crippen LogP contribution in [0.4, 0.5) is 5.69 Å². The number of amides is 1. The molecule has 1 aromatic heterocycles. The Balaban J connectivity index is 1.45. The molecule has 1 atom stereocenters. The second-order valence-corrected chi connectivity index (χ2v) is 8.65. The molecule has 5 nitrogen and oxygen atoms in total. The molecule has 1 amide bonds. The van der Waals surface area contributed by atoms with Gasteiger partial charge in [0.15, 0.2) is 6.61 Å². The summed E-state index contributed by atoms with van der Waals surface area (Å²) in [6.45, 7) is 4.27. The highest BCUT2D eigenvalue weighted by molar-refractivity contribution is 7.21. The Morgan fingerprint density at radius 2 is 1.88 bits per heavy atom. The first-order chi connectivity index (χ1) is 15.6. The van der Waals surface area contributed by atoms with Gasteiger partial charge < -0.3 is 14.8 Å². The highest BCUT2D eigenvalue weighted by Gasteiger charge is 2.13. The van der Waals surface area contributed by atoms with Crippen LogP contribution in [-0.2, 0) is 4.79 Å². The summed E-state index contributed by atoms with van der Waals surface area (Å²) >= 11 is 1.61. The number of fused-ring (bicyclic) bond motifs is 1. The summed E-state index contributed by atoms with van der Waals surface area (Å²) < 4.78 is 12.2. The molecule has 1 unspecified atom stereocenters. The summed E-state index contributed by atoms with van der Waals surface area (Å²) in [5.74, 6) is 1.50. The Labute approximate surface area is 192 Å². The molecule has 0 fully saturated rings. The lowest BCUT2D eigenvalue weighted by Crippen LogP contribution is -2.20. The number of carbonyl (C=O) groups excluding carboxylic acids is 1. The van der Waals surface area contributed by atoms with E-state index in [1.165, 1.54) is 5.56 Å². The topological polar surface area (TPSA) is 60.5 Å². The third kappa shape index (κ3) is 4.92. The van der Waals surface area contributed by atoms with Crippen molar-refractivity contribution in [3.05, 3.63) is 72.3 Å². The van der Waals surface area contributed by atoms with Gasteiger partial charge in [0, 0.05) is 5.56 Å². The van der Waals surface area contributed by atoms with Gasteiger partial charge in [0.05, 0.1) is 23.0 Å². The van der Waals surface area contributed by atoms with E-state index in [9.17, 15) is 4.79 Å². The van der Waals surface area contributed by atoms with E-state index in [2.05, 4.69) is 25.2 Å². The average Bonchev–Trinajstić information content (AvgIpc) is 3.27. The molecule has 6 heteroatoms. The minimum atomic E-state index is -0.254. The number of thiazole rings is 1. The van der Waals surface area contributed by atoms with Crippen LogP contribution < -0.4 is 14.8 Å². The predicted octanol–water partition coefficient (Wildman–Crippen LogP) is 6.50. The average molecular weight is 447 g/mol. The summed E-state index contributed by atoms with van der Waals surface area (Å²) in [5.41, 5.74) is 3.73. The number of nitrogens with zero attached hydrogens (tertiary/aromatic N) is 1. The Morgan fingerprint density at radius 1 is 1.09 bits per heavy atom. The van der Waals surface area contributed by atoms with Crippen LogP contribution in [-0.4, -0.2) is 24.6 Å². The van der Waals surface area contributed by atoms with Crippen LogP contribution in [0.15, 0.2) is 66.7 Å². The number of carbonyl (C=O) groups is 1. The monoisotopic (exact) mass is 446 g/mol. The van der Waals surface area contributed by atoms with E-state index >= 15 is 0 Å². The quantitative estimate of drug-likeness (QED) is 0.335. The van der Waals surface area contributed by atoms with Crippen LogP contribution in [0.2, 0.25) is 0 Å². The molecule has 0 aliphatic heterocycles. The van der Waals surface area contributed by atoms with Crippen LogP contribution in [0, 0.1) is 0 Å². The van der Waals surface area contributed by atoms with Crippen LogP contribution >= 0.6 is 11.3 Å². The van der Waals surface area contributed by atoms with Crippen LogP contribution in [0.1, 0.15) is 31.7 Å². The second kappa shape index (κ2) is 9.83. The largest absolute Gasteiger partial charge is 0.495 e. The van der Waals surface area contributed by atoms with Crippen molar-refractivity contribution in [2.45, 2.75) is 26.2 Å². The Morgan fingerprint density at radius 3 is 2.59 bits per heavy atom. The van der Waals surface area contributed by atoms with Crippen molar-refractivity contribution in [1.29, 1.82) is 0 Å². The van der Waals surface area contributed by atoms with Crippen molar-refractivity contribution < 1.29 is 14.3 Å². The molecule has 0 aliphatic rings. The molecule has 0 spiro atoms. The first-order valence-corrected chi connectivity index (χ1v) is 11.5. The lowest BCUT2D eigenvalue weighted by molar-refractivity contribution is -0.118. The molecule has 1 heterocycles. The molecule has 1 N–H and O–H groups in total. The van der Waals surface area contributed by atoms with Gasteiger partial charge in [0.2, 0.25) is 0 Å². The van der Waals surface area contributed by atoms with Crippen LogP contribution in [0.3, 0.4) is 0 Å².